The molecule has 4 aliphatic rings. The quantitative estimate of drug-likeness (QED) is 0.199. The summed E-state index contributed by atoms with van der Waals surface area (Å²) in [6.45, 7) is 15.6. The molecule has 0 saturated heterocycles. The van der Waals surface area contributed by atoms with Crippen molar-refractivity contribution < 1.29 is 14.3 Å². The molecule has 1 aromatic carbocycles. The molecule has 0 bridgehead atoms. The van der Waals surface area contributed by atoms with E-state index in [1.54, 1.807) is 16.7 Å². The maximum absolute atomic E-state index is 13.2. The predicted octanol–water partition coefficient (Wildman–Crippen LogP) is 12.8. The van der Waals surface area contributed by atoms with Gasteiger partial charge in [0.05, 0.1) is 12.2 Å². The lowest BCUT2D eigenvalue weighted by atomic mass is 9.80. The Morgan fingerprint density at radius 2 is 1.55 bits per heavy atom. The van der Waals surface area contributed by atoms with Crippen LogP contribution < -0.4 is 5.32 Å². The van der Waals surface area contributed by atoms with Gasteiger partial charge in [-0.25, -0.2) is 4.79 Å². The molecule has 0 aromatic heterocycles. The first-order chi connectivity index (χ1) is 23.6. The number of ether oxygens (including phenoxy) is 1. The average Bonchev–Trinajstić information content (AvgIpc) is 3.27. The molecule has 1 aromatic rings. The van der Waals surface area contributed by atoms with Gasteiger partial charge < -0.3 is 10.1 Å². The lowest BCUT2D eigenvalue weighted by Crippen LogP contribution is -2.40. The van der Waals surface area contributed by atoms with Gasteiger partial charge in [-0.05, 0) is 128 Å². The van der Waals surface area contributed by atoms with Crippen LogP contribution in [0.15, 0.2) is 58.3 Å². The Morgan fingerprint density at radius 3 is 2.12 bits per heavy atom. The SMILES string of the molecule is CC(C=C1CCC1)=C1CCC1.CC/C(C)=C(/NC(=O)C1(C)CCCC(CC)CC1)C1CCCCC1.CCCc1ccccc1C(=O)OCC. The van der Waals surface area contributed by atoms with Crippen molar-refractivity contribution in [3.8, 4) is 0 Å². The molecular formula is C45H71NO3. The van der Waals surface area contributed by atoms with Gasteiger partial charge in [-0.15, -0.1) is 0 Å². The summed E-state index contributed by atoms with van der Waals surface area (Å²) in [5.41, 5.74) is 9.25. The first kappa shape index (κ1) is 40.8. The van der Waals surface area contributed by atoms with Crippen LogP contribution >= 0.6 is 0 Å². The van der Waals surface area contributed by atoms with E-state index in [1.807, 2.05) is 31.2 Å². The van der Waals surface area contributed by atoms with Crippen LogP contribution in [0, 0.1) is 17.3 Å². The molecule has 274 valence electrons. The first-order valence-electron chi connectivity index (χ1n) is 20.3. The molecule has 49 heavy (non-hydrogen) atoms. The van der Waals surface area contributed by atoms with E-state index in [-0.39, 0.29) is 11.4 Å². The van der Waals surface area contributed by atoms with Crippen LogP contribution in [-0.2, 0) is 16.0 Å². The number of benzene rings is 1. The van der Waals surface area contributed by atoms with Crippen LogP contribution in [0.25, 0.3) is 0 Å². The maximum atomic E-state index is 13.2. The summed E-state index contributed by atoms with van der Waals surface area (Å²) in [6.07, 6.45) is 27.4. The number of rotatable bonds is 10. The Labute approximate surface area is 301 Å². The predicted molar refractivity (Wildman–Crippen MR) is 208 cm³/mol. The largest absolute Gasteiger partial charge is 0.462 e. The fourth-order valence-electron chi connectivity index (χ4n) is 7.72. The second kappa shape index (κ2) is 21.6. The number of amides is 1. The Hall–Kier alpha value is -2.62. The number of aryl methyl sites for hydroxylation is 1. The fraction of sp³-hybridized carbons (Fsp3) is 0.689. The normalized spacial score (nSPS) is 22.7. The summed E-state index contributed by atoms with van der Waals surface area (Å²) in [5, 5.41) is 3.45. The highest BCUT2D eigenvalue weighted by Gasteiger charge is 2.36. The number of nitrogens with one attached hydrogen (secondary N) is 1. The lowest BCUT2D eigenvalue weighted by Gasteiger charge is -2.32. The molecule has 0 spiro atoms. The van der Waals surface area contributed by atoms with Crippen molar-refractivity contribution >= 4 is 11.9 Å². The Kier molecular flexibility index (Phi) is 18.0. The molecule has 4 nitrogen and oxygen atoms in total. The van der Waals surface area contributed by atoms with Crippen molar-refractivity contribution in [3.05, 3.63) is 69.5 Å². The highest BCUT2D eigenvalue weighted by atomic mass is 16.5. The molecular weight excluding hydrogens is 602 g/mol. The number of esters is 1. The second-order valence-corrected chi connectivity index (χ2v) is 15.5. The zero-order valence-corrected chi connectivity index (χ0v) is 32.6. The first-order valence-corrected chi connectivity index (χ1v) is 20.3. The highest BCUT2D eigenvalue weighted by Crippen LogP contribution is 2.39. The fourth-order valence-corrected chi connectivity index (χ4v) is 7.72. The number of hydrogen-bond acceptors (Lipinski definition) is 3. The average molecular weight is 674 g/mol. The lowest BCUT2D eigenvalue weighted by molar-refractivity contribution is -0.130. The third kappa shape index (κ3) is 12.9. The summed E-state index contributed by atoms with van der Waals surface area (Å²) in [7, 11) is 0. The van der Waals surface area contributed by atoms with Gasteiger partial charge >= 0.3 is 5.97 Å². The molecule has 4 saturated carbocycles. The van der Waals surface area contributed by atoms with Crippen LogP contribution in [0.5, 0.6) is 0 Å². The van der Waals surface area contributed by atoms with Crippen LogP contribution in [0.2, 0.25) is 0 Å². The Balaban J connectivity index is 0.000000219. The molecule has 4 aliphatic carbocycles. The summed E-state index contributed by atoms with van der Waals surface area (Å²) >= 11 is 0. The second-order valence-electron chi connectivity index (χ2n) is 15.5. The van der Waals surface area contributed by atoms with Gasteiger partial charge in [0.1, 0.15) is 0 Å². The minimum atomic E-state index is -0.212. The van der Waals surface area contributed by atoms with Crippen LogP contribution in [0.3, 0.4) is 0 Å². The summed E-state index contributed by atoms with van der Waals surface area (Å²) in [6, 6.07) is 7.62. The minimum Gasteiger partial charge on any atom is -0.462 e. The molecule has 1 N–H and O–H groups in total. The molecule has 4 fully saturated rings. The van der Waals surface area contributed by atoms with E-state index in [4.69, 9.17) is 4.74 Å². The zero-order chi connectivity index (χ0) is 35.6. The van der Waals surface area contributed by atoms with E-state index in [1.165, 1.54) is 108 Å². The third-order valence-corrected chi connectivity index (χ3v) is 11.8. The van der Waals surface area contributed by atoms with Crippen LogP contribution in [0.1, 0.15) is 186 Å². The minimum absolute atomic E-state index is 0.169. The number of hydrogen-bond donors (Lipinski definition) is 1. The van der Waals surface area contributed by atoms with Gasteiger partial charge in [0, 0.05) is 11.1 Å². The van der Waals surface area contributed by atoms with Gasteiger partial charge in [0.15, 0.2) is 0 Å². The number of allylic oxidation sites excluding steroid dienone is 6. The molecule has 0 aliphatic heterocycles. The van der Waals surface area contributed by atoms with E-state index in [2.05, 4.69) is 52.9 Å². The van der Waals surface area contributed by atoms with Crippen molar-refractivity contribution in [1.82, 2.24) is 5.32 Å². The standard InChI is InChI=1S/C22H39NO.C12H16O2.C11H16/c1-5-17(3)20(19-12-8-7-9-13-19)23-21(24)22(4)15-10-11-18(6-2)14-16-22;1-3-7-10-8-5-6-9-11(10)12(13)14-4-2;1-9(11-6-3-7-11)8-10-4-2-5-10/h18-19H,5-16H2,1-4H3,(H,23,24);5-6,8-9H,3-4,7H2,1-2H3;8H,2-7H2,1H3/b20-17+;;. The Morgan fingerprint density at radius 1 is 0.857 bits per heavy atom. The monoisotopic (exact) mass is 674 g/mol. The third-order valence-electron chi connectivity index (χ3n) is 11.8. The Bertz CT molecular complexity index is 1270. The highest BCUT2D eigenvalue weighted by molar-refractivity contribution is 5.91. The maximum Gasteiger partial charge on any atom is 0.338 e. The number of carbonyl (C=O) groups excluding carboxylic acids is 2. The molecule has 0 radical (unpaired) electrons. The van der Waals surface area contributed by atoms with Gasteiger partial charge in [0.25, 0.3) is 0 Å². The van der Waals surface area contributed by atoms with Crippen molar-refractivity contribution in [3.63, 3.8) is 0 Å². The van der Waals surface area contributed by atoms with Gasteiger partial charge in [-0.3, -0.25) is 4.79 Å². The smallest absolute Gasteiger partial charge is 0.338 e. The van der Waals surface area contributed by atoms with Crippen molar-refractivity contribution in [1.29, 1.82) is 0 Å². The topological polar surface area (TPSA) is 55.4 Å². The van der Waals surface area contributed by atoms with Gasteiger partial charge in [0.2, 0.25) is 5.91 Å². The zero-order valence-electron chi connectivity index (χ0n) is 32.6. The van der Waals surface area contributed by atoms with E-state index >= 15 is 0 Å². The van der Waals surface area contributed by atoms with E-state index < -0.39 is 0 Å². The molecule has 5 rings (SSSR count). The van der Waals surface area contributed by atoms with E-state index in [0.29, 0.717) is 24.0 Å². The summed E-state index contributed by atoms with van der Waals surface area (Å²) < 4.78 is 4.98. The van der Waals surface area contributed by atoms with Crippen LogP contribution in [-0.4, -0.2) is 18.5 Å². The van der Waals surface area contributed by atoms with Crippen molar-refractivity contribution in [2.45, 2.75) is 177 Å². The van der Waals surface area contributed by atoms with Gasteiger partial charge in [-0.2, -0.15) is 0 Å². The van der Waals surface area contributed by atoms with Crippen LogP contribution in [0.4, 0.5) is 0 Å². The molecule has 1 amide bonds. The molecule has 2 atom stereocenters. The van der Waals surface area contributed by atoms with Crippen molar-refractivity contribution in [2.24, 2.45) is 17.3 Å². The summed E-state index contributed by atoms with van der Waals surface area (Å²) in [5.74, 6) is 1.50. The van der Waals surface area contributed by atoms with Gasteiger partial charge in [-0.1, -0.05) is 119 Å². The number of carbonyl (C=O) groups is 2. The molecule has 2 unspecified atom stereocenters. The van der Waals surface area contributed by atoms with E-state index in [0.717, 1.165) is 43.6 Å². The molecule has 4 heteroatoms. The van der Waals surface area contributed by atoms with E-state index in [9.17, 15) is 9.59 Å². The van der Waals surface area contributed by atoms with Crippen molar-refractivity contribution in [2.75, 3.05) is 6.61 Å². The summed E-state index contributed by atoms with van der Waals surface area (Å²) in [4.78, 5) is 24.7. The molecule has 0 heterocycles.